The first kappa shape index (κ1) is 30.6. The van der Waals surface area contributed by atoms with Gasteiger partial charge in [-0.1, -0.05) is 152 Å². The number of hydrogen-bond acceptors (Lipinski definition) is 4. The highest BCUT2D eigenvalue weighted by molar-refractivity contribution is 6.09. The Kier molecular flexibility index (Phi) is 7.43. The lowest BCUT2D eigenvalue weighted by Crippen LogP contribution is -1.96. The van der Waals surface area contributed by atoms with Crippen LogP contribution < -0.4 is 0 Å². The largest absolute Gasteiger partial charge is 0.455 e. The van der Waals surface area contributed by atoms with E-state index < -0.39 is 0 Å². The van der Waals surface area contributed by atoms with Crippen LogP contribution in [0.1, 0.15) is 0 Å². The van der Waals surface area contributed by atoms with Crippen LogP contribution >= 0.6 is 0 Å². The van der Waals surface area contributed by atoms with Crippen LogP contribution in [0, 0.1) is 0 Å². The highest BCUT2D eigenvalue weighted by Gasteiger charge is 2.15. The van der Waals surface area contributed by atoms with Crippen molar-refractivity contribution in [3.05, 3.63) is 188 Å². The van der Waals surface area contributed by atoms with Gasteiger partial charge in [0.15, 0.2) is 5.82 Å². The van der Waals surface area contributed by atoms with Gasteiger partial charge >= 0.3 is 0 Å². The average molecular weight is 678 g/mol. The van der Waals surface area contributed by atoms with Crippen molar-refractivity contribution in [3.63, 3.8) is 0 Å². The number of pyridine rings is 1. The van der Waals surface area contributed by atoms with Crippen LogP contribution in [-0.2, 0) is 0 Å². The van der Waals surface area contributed by atoms with Crippen molar-refractivity contribution in [3.8, 4) is 67.4 Å². The molecule has 0 aliphatic rings. The molecule has 10 aromatic rings. The molecule has 10 rings (SSSR count). The first-order valence-electron chi connectivity index (χ1n) is 17.8. The minimum absolute atomic E-state index is 0.668. The Morgan fingerprint density at radius 1 is 0.358 bits per heavy atom. The SMILES string of the molecule is c1ccc(-c2cccc(-c3cc(-c4ccc(-c5cccc6c5oc5ccccc56)cc4)nc(-c4ccc(-c5cccc6ccccc56)cc4)n3)c2)nc1. The molecule has 0 atom stereocenters. The minimum atomic E-state index is 0.668. The van der Waals surface area contributed by atoms with Gasteiger partial charge in [-0.3, -0.25) is 4.98 Å². The first-order chi connectivity index (χ1) is 26.2. The van der Waals surface area contributed by atoms with Crippen LogP contribution in [0.3, 0.4) is 0 Å². The lowest BCUT2D eigenvalue weighted by atomic mass is 9.97. The molecule has 0 spiro atoms. The van der Waals surface area contributed by atoms with E-state index in [1.165, 1.54) is 16.3 Å². The van der Waals surface area contributed by atoms with Crippen LogP contribution in [0.2, 0.25) is 0 Å². The van der Waals surface area contributed by atoms with Crippen LogP contribution in [0.15, 0.2) is 193 Å². The number of hydrogen-bond donors (Lipinski definition) is 0. The third-order valence-corrected chi connectivity index (χ3v) is 9.98. The summed E-state index contributed by atoms with van der Waals surface area (Å²) in [5.74, 6) is 0.668. The zero-order valence-electron chi connectivity index (χ0n) is 28.6. The molecule has 0 aliphatic carbocycles. The Balaban J connectivity index is 1.07. The molecule has 3 heterocycles. The number of aromatic nitrogens is 3. The fraction of sp³-hybridized carbons (Fsp3) is 0. The normalized spacial score (nSPS) is 11.4. The van der Waals surface area contributed by atoms with Gasteiger partial charge in [-0.2, -0.15) is 0 Å². The van der Waals surface area contributed by atoms with E-state index in [4.69, 9.17) is 14.4 Å². The molecule has 4 heteroatoms. The molecule has 248 valence electrons. The van der Waals surface area contributed by atoms with E-state index in [0.29, 0.717) is 5.82 Å². The first-order valence-corrected chi connectivity index (χ1v) is 17.8. The number of furan rings is 1. The Morgan fingerprint density at radius 3 is 1.75 bits per heavy atom. The molecule has 0 aliphatic heterocycles. The van der Waals surface area contributed by atoms with Crippen molar-refractivity contribution in [2.75, 3.05) is 0 Å². The Morgan fingerprint density at radius 2 is 0.943 bits per heavy atom. The number of benzene rings is 7. The predicted octanol–water partition coefficient (Wildman–Crippen LogP) is 12.9. The maximum Gasteiger partial charge on any atom is 0.160 e. The lowest BCUT2D eigenvalue weighted by molar-refractivity contribution is 0.670. The number of nitrogens with zero attached hydrogens (tertiary/aromatic N) is 3. The summed E-state index contributed by atoms with van der Waals surface area (Å²) in [6.07, 6.45) is 1.82. The average Bonchev–Trinajstić information content (AvgIpc) is 3.63. The van der Waals surface area contributed by atoms with E-state index in [0.717, 1.165) is 78.0 Å². The highest BCUT2D eigenvalue weighted by atomic mass is 16.3. The second-order valence-electron chi connectivity index (χ2n) is 13.2. The van der Waals surface area contributed by atoms with Crippen molar-refractivity contribution in [1.82, 2.24) is 15.0 Å². The molecular weight excluding hydrogens is 647 g/mol. The molecule has 0 radical (unpaired) electrons. The third-order valence-electron chi connectivity index (χ3n) is 9.98. The Bertz CT molecular complexity index is 2920. The van der Waals surface area contributed by atoms with Crippen molar-refractivity contribution < 1.29 is 4.42 Å². The third kappa shape index (κ3) is 5.63. The van der Waals surface area contributed by atoms with Gasteiger partial charge in [-0.15, -0.1) is 0 Å². The minimum Gasteiger partial charge on any atom is -0.455 e. The predicted molar refractivity (Wildman–Crippen MR) is 217 cm³/mol. The summed E-state index contributed by atoms with van der Waals surface area (Å²) in [5.41, 5.74) is 12.9. The van der Waals surface area contributed by atoms with Crippen molar-refractivity contribution in [2.24, 2.45) is 0 Å². The molecule has 7 aromatic carbocycles. The molecule has 0 N–H and O–H groups in total. The summed E-state index contributed by atoms with van der Waals surface area (Å²) < 4.78 is 6.36. The zero-order valence-corrected chi connectivity index (χ0v) is 28.6. The number of fused-ring (bicyclic) bond motifs is 4. The standard InChI is InChI=1S/C49H31N3O/c1-2-14-39-32(10-1)11-8-16-40(39)33-23-27-36(28-24-33)49-51-45(31-46(52-49)38-13-7-12-37(30-38)44-19-5-6-29-50-44)35-25-21-34(22-26-35)41-17-9-18-43-42-15-3-4-20-47(42)53-48(41)43/h1-31H. The van der Waals surface area contributed by atoms with E-state index in [-0.39, 0.29) is 0 Å². The fourth-order valence-electron chi connectivity index (χ4n) is 7.31. The molecule has 4 nitrogen and oxygen atoms in total. The quantitative estimate of drug-likeness (QED) is 0.176. The van der Waals surface area contributed by atoms with Gasteiger partial charge in [-0.05, 0) is 57.8 Å². The van der Waals surface area contributed by atoms with Gasteiger partial charge in [0.1, 0.15) is 11.2 Å². The molecule has 3 aromatic heterocycles. The van der Waals surface area contributed by atoms with Crippen LogP contribution in [0.4, 0.5) is 0 Å². The second kappa shape index (κ2) is 12.9. The Labute approximate surface area is 306 Å². The van der Waals surface area contributed by atoms with E-state index in [2.05, 4.69) is 157 Å². The summed E-state index contributed by atoms with van der Waals surface area (Å²) in [5, 5.41) is 4.70. The van der Waals surface area contributed by atoms with Gasteiger partial charge < -0.3 is 4.42 Å². The second-order valence-corrected chi connectivity index (χ2v) is 13.2. The Hall–Kier alpha value is -7.17. The van der Waals surface area contributed by atoms with Gasteiger partial charge in [0.25, 0.3) is 0 Å². The summed E-state index contributed by atoms with van der Waals surface area (Å²) in [4.78, 5) is 14.9. The van der Waals surface area contributed by atoms with E-state index >= 15 is 0 Å². The smallest absolute Gasteiger partial charge is 0.160 e. The molecule has 0 fully saturated rings. The summed E-state index contributed by atoms with van der Waals surface area (Å²) in [6, 6.07) is 63.1. The summed E-state index contributed by atoms with van der Waals surface area (Å²) in [6.45, 7) is 0. The lowest BCUT2D eigenvalue weighted by Gasteiger charge is -2.12. The van der Waals surface area contributed by atoms with Crippen molar-refractivity contribution in [2.45, 2.75) is 0 Å². The summed E-state index contributed by atoms with van der Waals surface area (Å²) >= 11 is 0. The van der Waals surface area contributed by atoms with Crippen molar-refractivity contribution in [1.29, 1.82) is 0 Å². The van der Waals surface area contributed by atoms with Crippen LogP contribution in [-0.4, -0.2) is 15.0 Å². The summed E-state index contributed by atoms with van der Waals surface area (Å²) in [7, 11) is 0. The molecule has 53 heavy (non-hydrogen) atoms. The van der Waals surface area contributed by atoms with Gasteiger partial charge in [0, 0.05) is 44.8 Å². The topological polar surface area (TPSA) is 51.8 Å². The monoisotopic (exact) mass is 677 g/mol. The number of para-hydroxylation sites is 2. The van der Waals surface area contributed by atoms with Gasteiger partial charge in [0.2, 0.25) is 0 Å². The molecule has 0 unspecified atom stereocenters. The van der Waals surface area contributed by atoms with Gasteiger partial charge in [0.05, 0.1) is 17.1 Å². The van der Waals surface area contributed by atoms with E-state index in [9.17, 15) is 0 Å². The highest BCUT2D eigenvalue weighted by Crippen LogP contribution is 2.37. The maximum absolute atomic E-state index is 6.36. The molecular formula is C49H31N3O. The van der Waals surface area contributed by atoms with Crippen LogP contribution in [0.5, 0.6) is 0 Å². The maximum atomic E-state index is 6.36. The zero-order chi connectivity index (χ0) is 35.1. The number of rotatable bonds is 6. The molecule has 0 amide bonds. The molecule has 0 bridgehead atoms. The van der Waals surface area contributed by atoms with Crippen LogP contribution in [0.25, 0.3) is 100 Å². The molecule has 0 saturated carbocycles. The van der Waals surface area contributed by atoms with Gasteiger partial charge in [-0.25, -0.2) is 9.97 Å². The molecule has 0 saturated heterocycles. The van der Waals surface area contributed by atoms with E-state index in [1.807, 2.05) is 36.5 Å². The van der Waals surface area contributed by atoms with E-state index in [1.54, 1.807) is 0 Å². The fourth-order valence-corrected chi connectivity index (χ4v) is 7.31. The van der Waals surface area contributed by atoms with Crippen molar-refractivity contribution >= 4 is 32.7 Å².